The molecule has 0 saturated heterocycles. The molecule has 30 heavy (non-hydrogen) atoms. The molecule has 0 bridgehead atoms. The van der Waals surface area contributed by atoms with E-state index in [0.717, 1.165) is 10.3 Å². The van der Waals surface area contributed by atoms with Gasteiger partial charge in [0.15, 0.2) is 0 Å². The largest absolute Gasteiger partial charge is 0.497 e. The highest BCUT2D eigenvalue weighted by atomic mass is 32.1. The van der Waals surface area contributed by atoms with Gasteiger partial charge in [0, 0.05) is 11.5 Å². The molecule has 1 N–H and O–H groups in total. The maximum atomic E-state index is 12.9. The van der Waals surface area contributed by atoms with E-state index in [2.05, 4.69) is 10.4 Å². The zero-order valence-electron chi connectivity index (χ0n) is 16.4. The fraction of sp³-hybridized carbons (Fsp3) is 0.136. The lowest BCUT2D eigenvalue weighted by atomic mass is 10.1. The van der Waals surface area contributed by atoms with E-state index in [1.807, 2.05) is 29.6 Å². The quantitative estimate of drug-likeness (QED) is 0.512. The van der Waals surface area contributed by atoms with Crippen LogP contribution in [0.2, 0.25) is 0 Å². The number of anilines is 1. The van der Waals surface area contributed by atoms with E-state index in [-0.39, 0.29) is 18.0 Å². The number of rotatable bonds is 6. The summed E-state index contributed by atoms with van der Waals surface area (Å²) < 4.78 is 11.7. The van der Waals surface area contributed by atoms with Gasteiger partial charge in [-0.05, 0) is 29.6 Å². The summed E-state index contributed by atoms with van der Waals surface area (Å²) in [6, 6.07) is 16.2. The number of carbonyl (C=O) groups is 1. The van der Waals surface area contributed by atoms with Crippen molar-refractivity contribution in [3.8, 4) is 22.1 Å². The highest BCUT2D eigenvalue weighted by Crippen LogP contribution is 2.30. The second-order valence-corrected chi connectivity index (χ2v) is 7.40. The second kappa shape index (κ2) is 8.38. The van der Waals surface area contributed by atoms with Crippen LogP contribution in [0.25, 0.3) is 21.3 Å². The Morgan fingerprint density at radius 1 is 1.07 bits per heavy atom. The van der Waals surface area contributed by atoms with Gasteiger partial charge in [-0.25, -0.2) is 4.68 Å². The molecule has 1 amide bonds. The van der Waals surface area contributed by atoms with Crippen LogP contribution in [0.15, 0.2) is 64.8 Å². The van der Waals surface area contributed by atoms with Crippen molar-refractivity contribution in [3.63, 3.8) is 0 Å². The number of methoxy groups -OCH3 is 2. The molecule has 0 unspecified atom stereocenters. The number of hydrogen-bond donors (Lipinski definition) is 1. The number of thiophene rings is 1. The summed E-state index contributed by atoms with van der Waals surface area (Å²) in [5.41, 5.74) is 0.841. The third-order valence-corrected chi connectivity index (χ3v) is 5.48. The maximum Gasteiger partial charge on any atom is 0.275 e. The van der Waals surface area contributed by atoms with Crippen molar-refractivity contribution in [2.75, 3.05) is 19.5 Å². The van der Waals surface area contributed by atoms with Crippen LogP contribution in [0.5, 0.6) is 11.5 Å². The average molecular weight is 421 g/mol. The van der Waals surface area contributed by atoms with Crippen LogP contribution < -0.4 is 20.3 Å². The first kappa shape index (κ1) is 19.7. The lowest BCUT2D eigenvalue weighted by Gasteiger charge is -2.13. The number of nitrogens with one attached hydrogen (secondary N) is 1. The zero-order chi connectivity index (χ0) is 21.1. The molecular formula is C22H19N3O4S. The van der Waals surface area contributed by atoms with Crippen molar-refractivity contribution in [1.29, 1.82) is 0 Å². The number of benzene rings is 2. The van der Waals surface area contributed by atoms with Crippen LogP contribution in [-0.4, -0.2) is 29.9 Å². The Bertz CT molecular complexity index is 1270. The minimum absolute atomic E-state index is 0.225. The summed E-state index contributed by atoms with van der Waals surface area (Å²) in [7, 11) is 3.06. The van der Waals surface area contributed by atoms with Crippen LogP contribution in [0, 0.1) is 0 Å². The first-order valence-corrected chi connectivity index (χ1v) is 10.0. The fourth-order valence-electron chi connectivity index (χ4n) is 3.17. The Hall–Kier alpha value is -3.65. The number of nitrogens with zero attached hydrogens (tertiary/aromatic N) is 2. The van der Waals surface area contributed by atoms with Gasteiger partial charge in [-0.15, -0.1) is 11.3 Å². The van der Waals surface area contributed by atoms with Crippen LogP contribution in [0.4, 0.5) is 5.69 Å². The average Bonchev–Trinajstić information content (AvgIpc) is 3.30. The molecule has 0 spiro atoms. The summed E-state index contributed by atoms with van der Waals surface area (Å²) in [5.74, 6) is 0.680. The normalized spacial score (nSPS) is 10.7. The third-order valence-electron chi connectivity index (χ3n) is 4.60. The van der Waals surface area contributed by atoms with Crippen LogP contribution >= 0.6 is 11.3 Å². The Kier molecular flexibility index (Phi) is 5.49. The lowest BCUT2D eigenvalue weighted by molar-refractivity contribution is -0.117. The topological polar surface area (TPSA) is 82.5 Å². The van der Waals surface area contributed by atoms with Crippen molar-refractivity contribution in [2.24, 2.45) is 0 Å². The van der Waals surface area contributed by atoms with Gasteiger partial charge in [-0.3, -0.25) is 9.59 Å². The fourth-order valence-corrected chi connectivity index (χ4v) is 3.89. The van der Waals surface area contributed by atoms with E-state index in [1.54, 1.807) is 37.4 Å². The molecule has 8 heteroatoms. The zero-order valence-corrected chi connectivity index (χ0v) is 17.2. The van der Waals surface area contributed by atoms with Crippen LogP contribution in [-0.2, 0) is 11.3 Å². The van der Waals surface area contributed by atoms with Gasteiger partial charge in [0.05, 0.1) is 30.2 Å². The number of fused-ring (bicyclic) bond motifs is 1. The van der Waals surface area contributed by atoms with Crippen molar-refractivity contribution in [2.45, 2.75) is 6.54 Å². The van der Waals surface area contributed by atoms with Crippen molar-refractivity contribution in [3.05, 3.63) is 70.3 Å². The van der Waals surface area contributed by atoms with Gasteiger partial charge in [0.25, 0.3) is 5.56 Å². The molecule has 0 radical (unpaired) electrons. The second-order valence-electron chi connectivity index (χ2n) is 6.45. The van der Waals surface area contributed by atoms with Gasteiger partial charge in [0.2, 0.25) is 5.91 Å². The SMILES string of the molecule is COc1ccc(NC(=O)Cn2nc(-c3cccs3)c3ccccc3c2=O)c(OC)c1. The molecular weight excluding hydrogens is 402 g/mol. The van der Waals surface area contributed by atoms with Crippen molar-refractivity contribution in [1.82, 2.24) is 9.78 Å². The maximum absolute atomic E-state index is 12.9. The van der Waals surface area contributed by atoms with Gasteiger partial charge in [-0.2, -0.15) is 5.10 Å². The Labute approximate surface area is 176 Å². The Morgan fingerprint density at radius 2 is 1.87 bits per heavy atom. The highest BCUT2D eigenvalue weighted by Gasteiger charge is 2.16. The first-order chi connectivity index (χ1) is 14.6. The monoisotopic (exact) mass is 421 g/mol. The molecule has 2 aromatic carbocycles. The Morgan fingerprint density at radius 3 is 2.57 bits per heavy atom. The molecule has 0 aliphatic heterocycles. The summed E-state index contributed by atoms with van der Waals surface area (Å²) in [6.45, 7) is -0.225. The van der Waals surface area contributed by atoms with Gasteiger partial charge in [0.1, 0.15) is 23.7 Å². The summed E-state index contributed by atoms with van der Waals surface area (Å²) >= 11 is 1.53. The van der Waals surface area contributed by atoms with E-state index in [1.165, 1.54) is 23.1 Å². The third kappa shape index (κ3) is 3.77. The molecule has 152 valence electrons. The molecule has 4 rings (SSSR count). The van der Waals surface area contributed by atoms with Crippen molar-refractivity contribution >= 4 is 33.7 Å². The van der Waals surface area contributed by atoms with E-state index in [4.69, 9.17) is 9.47 Å². The van der Waals surface area contributed by atoms with Gasteiger partial charge in [-0.1, -0.05) is 24.3 Å². The lowest BCUT2D eigenvalue weighted by Crippen LogP contribution is -2.30. The van der Waals surface area contributed by atoms with Crippen LogP contribution in [0.1, 0.15) is 0 Å². The number of amides is 1. The smallest absolute Gasteiger partial charge is 0.275 e. The number of carbonyl (C=O) groups excluding carboxylic acids is 1. The minimum atomic E-state index is -0.388. The number of ether oxygens (including phenoxy) is 2. The van der Waals surface area contributed by atoms with E-state index < -0.39 is 0 Å². The van der Waals surface area contributed by atoms with Gasteiger partial charge < -0.3 is 14.8 Å². The van der Waals surface area contributed by atoms with Crippen molar-refractivity contribution < 1.29 is 14.3 Å². The molecule has 2 aromatic heterocycles. The predicted octanol–water partition coefficient (Wildman–Crippen LogP) is 3.78. The molecule has 0 saturated carbocycles. The molecule has 0 fully saturated rings. The molecule has 0 atom stereocenters. The molecule has 0 aliphatic rings. The molecule has 4 aromatic rings. The number of aromatic nitrogens is 2. The molecule has 0 aliphatic carbocycles. The van der Waals surface area contributed by atoms with Gasteiger partial charge >= 0.3 is 0 Å². The Balaban J connectivity index is 1.68. The molecule has 2 heterocycles. The van der Waals surface area contributed by atoms with E-state index >= 15 is 0 Å². The highest BCUT2D eigenvalue weighted by molar-refractivity contribution is 7.13. The summed E-state index contributed by atoms with van der Waals surface area (Å²) in [5, 5.41) is 10.5. The number of hydrogen-bond acceptors (Lipinski definition) is 6. The summed E-state index contributed by atoms with van der Waals surface area (Å²) in [4.78, 5) is 26.6. The standard InChI is InChI=1S/C22H19N3O4S/c1-28-14-9-10-17(18(12-14)29-2)23-20(26)13-25-22(27)16-7-4-3-6-15(16)21(24-25)19-8-5-11-30-19/h3-12H,13H2,1-2H3,(H,23,26). The molecule has 7 nitrogen and oxygen atoms in total. The minimum Gasteiger partial charge on any atom is -0.497 e. The first-order valence-electron chi connectivity index (χ1n) is 9.16. The van der Waals surface area contributed by atoms with E-state index in [0.29, 0.717) is 28.3 Å². The predicted molar refractivity (Wildman–Crippen MR) is 117 cm³/mol. The summed E-state index contributed by atoms with van der Waals surface area (Å²) in [6.07, 6.45) is 0. The van der Waals surface area contributed by atoms with E-state index in [9.17, 15) is 9.59 Å². The van der Waals surface area contributed by atoms with Crippen LogP contribution in [0.3, 0.4) is 0 Å².